The van der Waals surface area contributed by atoms with Crippen LogP contribution in [0.5, 0.6) is 0 Å². The zero-order chi connectivity index (χ0) is 15.1. The van der Waals surface area contributed by atoms with E-state index >= 15 is 0 Å². The molecule has 0 radical (unpaired) electrons. The first-order valence-corrected chi connectivity index (χ1v) is 8.83. The highest BCUT2D eigenvalue weighted by Crippen LogP contribution is 2.18. The van der Waals surface area contributed by atoms with Crippen molar-refractivity contribution in [1.82, 2.24) is 15.1 Å². The molecule has 1 aliphatic rings. The number of anilines is 1. The molecule has 0 aromatic carbocycles. The van der Waals surface area contributed by atoms with Gasteiger partial charge in [-0.3, -0.25) is 15.0 Å². The van der Waals surface area contributed by atoms with Crippen LogP contribution in [0.4, 0.5) is 5.13 Å². The van der Waals surface area contributed by atoms with Crippen molar-refractivity contribution in [3.8, 4) is 0 Å². The number of piperidine rings is 1. The van der Waals surface area contributed by atoms with Crippen LogP contribution < -0.4 is 5.32 Å². The Morgan fingerprint density at radius 3 is 3.05 bits per heavy atom. The van der Waals surface area contributed by atoms with E-state index in [0.717, 1.165) is 30.9 Å². The van der Waals surface area contributed by atoms with E-state index in [-0.39, 0.29) is 5.91 Å². The predicted molar refractivity (Wildman–Crippen MR) is 86.6 cm³/mol. The van der Waals surface area contributed by atoms with E-state index in [1.54, 1.807) is 0 Å². The van der Waals surface area contributed by atoms with E-state index in [1.807, 2.05) is 0 Å². The summed E-state index contributed by atoms with van der Waals surface area (Å²) < 4.78 is 0. The fourth-order valence-corrected chi connectivity index (χ4v) is 3.52. The summed E-state index contributed by atoms with van der Waals surface area (Å²) in [5.74, 6) is 0.721. The van der Waals surface area contributed by atoms with Crippen molar-refractivity contribution in [3.63, 3.8) is 0 Å². The minimum Gasteiger partial charge on any atom is -0.299 e. The number of aromatic nitrogens is 2. The maximum absolute atomic E-state index is 12.0. The van der Waals surface area contributed by atoms with E-state index in [0.29, 0.717) is 17.6 Å². The molecule has 1 amide bonds. The molecule has 1 atom stereocenters. The standard InChI is InChI=1S/C15H26N4OS/c1-3-4-5-8-14-17-18-15(21-14)16-13(20)11-19-9-6-7-12(2)10-19/h12H,3-11H2,1-2H3,(H,16,18,20). The highest BCUT2D eigenvalue weighted by Gasteiger charge is 2.19. The number of hydrogen-bond donors (Lipinski definition) is 1. The number of likely N-dealkylation sites (tertiary alicyclic amines) is 1. The fourth-order valence-electron chi connectivity index (χ4n) is 2.72. The molecule has 2 heterocycles. The van der Waals surface area contributed by atoms with Gasteiger partial charge in [-0.25, -0.2) is 0 Å². The minimum atomic E-state index is 0.0281. The third-order valence-corrected chi connectivity index (χ3v) is 4.71. The zero-order valence-electron chi connectivity index (χ0n) is 13.1. The molecule has 1 aromatic rings. The molecule has 118 valence electrons. The van der Waals surface area contributed by atoms with Gasteiger partial charge >= 0.3 is 0 Å². The molecule has 0 saturated carbocycles. The molecular formula is C15H26N4OS. The fraction of sp³-hybridized carbons (Fsp3) is 0.800. The van der Waals surface area contributed by atoms with Crippen LogP contribution in [0.2, 0.25) is 0 Å². The largest absolute Gasteiger partial charge is 0.299 e. The highest BCUT2D eigenvalue weighted by molar-refractivity contribution is 7.15. The number of hydrogen-bond acceptors (Lipinski definition) is 5. The van der Waals surface area contributed by atoms with Gasteiger partial charge in [0.15, 0.2) is 0 Å². The van der Waals surface area contributed by atoms with Crippen LogP contribution in [0.1, 0.15) is 51.0 Å². The summed E-state index contributed by atoms with van der Waals surface area (Å²) in [6.45, 7) is 6.95. The van der Waals surface area contributed by atoms with Gasteiger partial charge in [0.05, 0.1) is 6.54 Å². The van der Waals surface area contributed by atoms with Gasteiger partial charge < -0.3 is 0 Å². The Hall–Kier alpha value is -1.01. The summed E-state index contributed by atoms with van der Waals surface area (Å²) in [4.78, 5) is 14.3. The molecular weight excluding hydrogens is 284 g/mol. The van der Waals surface area contributed by atoms with Crippen LogP contribution in [-0.4, -0.2) is 40.6 Å². The van der Waals surface area contributed by atoms with Gasteiger partial charge in [0.25, 0.3) is 0 Å². The van der Waals surface area contributed by atoms with E-state index in [9.17, 15) is 4.79 Å². The number of carbonyl (C=O) groups excluding carboxylic acids is 1. The average Bonchev–Trinajstić information content (AvgIpc) is 2.86. The third kappa shape index (κ3) is 5.71. The van der Waals surface area contributed by atoms with E-state index in [2.05, 4.69) is 34.3 Å². The molecule has 2 rings (SSSR count). The van der Waals surface area contributed by atoms with Crippen LogP contribution in [0, 0.1) is 5.92 Å². The Morgan fingerprint density at radius 1 is 1.43 bits per heavy atom. The lowest BCUT2D eigenvalue weighted by Gasteiger charge is -2.29. The monoisotopic (exact) mass is 310 g/mol. The van der Waals surface area contributed by atoms with Gasteiger partial charge in [0, 0.05) is 13.0 Å². The maximum Gasteiger partial charge on any atom is 0.240 e. The first-order chi connectivity index (χ1) is 10.2. The van der Waals surface area contributed by atoms with Crippen molar-refractivity contribution < 1.29 is 4.79 Å². The summed E-state index contributed by atoms with van der Waals surface area (Å²) in [5.41, 5.74) is 0. The van der Waals surface area contributed by atoms with Gasteiger partial charge in [-0.05, 0) is 31.7 Å². The number of unbranched alkanes of at least 4 members (excludes halogenated alkanes) is 2. The van der Waals surface area contributed by atoms with E-state index in [1.165, 1.54) is 37.0 Å². The van der Waals surface area contributed by atoms with Gasteiger partial charge in [-0.2, -0.15) is 0 Å². The number of rotatable bonds is 7. The van der Waals surface area contributed by atoms with Crippen molar-refractivity contribution in [2.75, 3.05) is 25.0 Å². The molecule has 21 heavy (non-hydrogen) atoms. The van der Waals surface area contributed by atoms with Crippen molar-refractivity contribution in [2.24, 2.45) is 5.92 Å². The van der Waals surface area contributed by atoms with Crippen LogP contribution in [0.15, 0.2) is 0 Å². The lowest BCUT2D eigenvalue weighted by Crippen LogP contribution is -2.39. The molecule has 6 heteroatoms. The normalized spacial score (nSPS) is 19.6. The lowest BCUT2D eigenvalue weighted by molar-refractivity contribution is -0.117. The molecule has 5 nitrogen and oxygen atoms in total. The van der Waals surface area contributed by atoms with Crippen molar-refractivity contribution in [3.05, 3.63) is 5.01 Å². The van der Waals surface area contributed by atoms with Gasteiger partial charge in [0.2, 0.25) is 11.0 Å². The summed E-state index contributed by atoms with van der Waals surface area (Å²) in [6, 6.07) is 0. The molecule has 0 aliphatic carbocycles. The first kappa shape index (κ1) is 16.4. The van der Waals surface area contributed by atoms with Crippen LogP contribution in [0.3, 0.4) is 0 Å². The molecule has 1 saturated heterocycles. The summed E-state index contributed by atoms with van der Waals surface area (Å²) in [6.07, 6.45) is 6.99. The summed E-state index contributed by atoms with van der Waals surface area (Å²) in [5, 5.41) is 12.7. The zero-order valence-corrected chi connectivity index (χ0v) is 13.9. The first-order valence-electron chi connectivity index (χ1n) is 8.02. The Balaban J connectivity index is 1.74. The number of carbonyl (C=O) groups is 1. The van der Waals surface area contributed by atoms with Gasteiger partial charge in [0.1, 0.15) is 5.01 Å². The Kier molecular flexibility index (Phi) is 6.57. The SMILES string of the molecule is CCCCCc1nnc(NC(=O)CN2CCCC(C)C2)s1. The minimum absolute atomic E-state index is 0.0281. The molecule has 0 spiro atoms. The smallest absolute Gasteiger partial charge is 0.240 e. The van der Waals surface area contributed by atoms with Crippen molar-refractivity contribution >= 4 is 22.4 Å². The topological polar surface area (TPSA) is 58.1 Å². The highest BCUT2D eigenvalue weighted by atomic mass is 32.1. The van der Waals surface area contributed by atoms with Gasteiger partial charge in [-0.1, -0.05) is 38.0 Å². The summed E-state index contributed by atoms with van der Waals surface area (Å²) >= 11 is 1.50. The Morgan fingerprint density at radius 2 is 2.29 bits per heavy atom. The molecule has 1 aliphatic heterocycles. The second-order valence-electron chi connectivity index (χ2n) is 5.99. The Labute approximate surface area is 131 Å². The predicted octanol–water partition coefficient (Wildman–Crippen LogP) is 2.94. The average molecular weight is 310 g/mol. The maximum atomic E-state index is 12.0. The van der Waals surface area contributed by atoms with Crippen molar-refractivity contribution in [1.29, 1.82) is 0 Å². The van der Waals surface area contributed by atoms with Crippen molar-refractivity contribution in [2.45, 2.75) is 52.4 Å². The number of amides is 1. The summed E-state index contributed by atoms with van der Waals surface area (Å²) in [7, 11) is 0. The number of aryl methyl sites for hydroxylation is 1. The van der Waals surface area contributed by atoms with Crippen LogP contribution in [0.25, 0.3) is 0 Å². The van der Waals surface area contributed by atoms with E-state index < -0.39 is 0 Å². The van der Waals surface area contributed by atoms with Gasteiger partial charge in [-0.15, -0.1) is 10.2 Å². The second kappa shape index (κ2) is 8.44. The number of nitrogens with one attached hydrogen (secondary N) is 1. The third-order valence-electron chi connectivity index (χ3n) is 3.82. The Bertz CT molecular complexity index is 449. The quantitative estimate of drug-likeness (QED) is 0.787. The molecule has 1 aromatic heterocycles. The van der Waals surface area contributed by atoms with Crippen LogP contribution in [-0.2, 0) is 11.2 Å². The molecule has 1 unspecified atom stereocenters. The lowest BCUT2D eigenvalue weighted by atomic mass is 10.0. The van der Waals surface area contributed by atoms with E-state index in [4.69, 9.17) is 0 Å². The molecule has 1 N–H and O–H groups in total. The second-order valence-corrected chi connectivity index (χ2v) is 7.05. The molecule has 0 bridgehead atoms. The van der Waals surface area contributed by atoms with Crippen LogP contribution >= 0.6 is 11.3 Å². The molecule has 1 fully saturated rings. The number of nitrogens with zero attached hydrogens (tertiary/aromatic N) is 3.